The lowest BCUT2D eigenvalue weighted by Crippen LogP contribution is -2.38. The molecule has 104 valence electrons. The number of ether oxygens (including phenoxy) is 2. The highest BCUT2D eigenvalue weighted by Crippen LogP contribution is 2.33. The lowest BCUT2D eigenvalue weighted by atomic mass is 9.94. The first kappa shape index (κ1) is 13.7. The van der Waals surface area contributed by atoms with Gasteiger partial charge in [-0.1, -0.05) is 19.9 Å². The topological polar surface area (TPSA) is 73.6 Å². The molecule has 0 spiro atoms. The van der Waals surface area contributed by atoms with E-state index in [0.29, 0.717) is 43.4 Å². The predicted octanol–water partition coefficient (Wildman–Crippen LogP) is 1.17. The number of nitrogens with two attached hydrogens (primary N) is 1. The predicted molar refractivity (Wildman–Crippen MR) is 72.6 cm³/mol. The van der Waals surface area contributed by atoms with E-state index in [-0.39, 0.29) is 11.3 Å². The number of hydrogen-bond acceptors (Lipinski definition) is 4. The van der Waals surface area contributed by atoms with E-state index in [9.17, 15) is 4.79 Å². The van der Waals surface area contributed by atoms with Crippen LogP contribution in [0.2, 0.25) is 0 Å². The number of para-hydroxylation sites is 1. The summed E-state index contributed by atoms with van der Waals surface area (Å²) in [7, 11) is 0. The number of rotatable bonds is 4. The Morgan fingerprint density at radius 2 is 2.11 bits per heavy atom. The van der Waals surface area contributed by atoms with Gasteiger partial charge in [-0.15, -0.1) is 0 Å². The van der Waals surface area contributed by atoms with E-state index in [1.165, 1.54) is 0 Å². The van der Waals surface area contributed by atoms with Gasteiger partial charge in [-0.25, -0.2) is 0 Å². The van der Waals surface area contributed by atoms with Crippen LogP contribution in [0.5, 0.6) is 11.5 Å². The lowest BCUT2D eigenvalue weighted by molar-refractivity contribution is 0.0927. The van der Waals surface area contributed by atoms with Gasteiger partial charge >= 0.3 is 0 Å². The molecule has 2 rings (SSSR count). The molecule has 1 aliphatic rings. The lowest BCUT2D eigenvalue weighted by Gasteiger charge is -2.24. The molecule has 1 amide bonds. The monoisotopic (exact) mass is 264 g/mol. The number of carbonyl (C=O) groups is 1. The van der Waals surface area contributed by atoms with Gasteiger partial charge in [0, 0.05) is 6.54 Å². The minimum Gasteiger partial charge on any atom is -0.486 e. The first-order valence-electron chi connectivity index (χ1n) is 6.40. The smallest absolute Gasteiger partial charge is 0.255 e. The number of amides is 1. The van der Waals surface area contributed by atoms with Crippen molar-refractivity contribution < 1.29 is 14.3 Å². The molecular formula is C14H20N2O3. The van der Waals surface area contributed by atoms with Gasteiger partial charge in [-0.2, -0.15) is 0 Å². The van der Waals surface area contributed by atoms with Crippen LogP contribution >= 0.6 is 0 Å². The summed E-state index contributed by atoms with van der Waals surface area (Å²) in [6, 6.07) is 5.32. The zero-order valence-corrected chi connectivity index (χ0v) is 11.4. The molecule has 0 atom stereocenters. The third kappa shape index (κ3) is 3.17. The number of benzene rings is 1. The molecule has 5 heteroatoms. The first-order valence-corrected chi connectivity index (χ1v) is 6.40. The number of nitrogens with one attached hydrogen (secondary N) is 1. The Balaban J connectivity index is 2.11. The number of hydrogen-bond donors (Lipinski definition) is 2. The quantitative estimate of drug-likeness (QED) is 0.856. The minimum atomic E-state index is -0.163. The summed E-state index contributed by atoms with van der Waals surface area (Å²) in [5.74, 6) is 0.984. The highest BCUT2D eigenvalue weighted by molar-refractivity contribution is 5.97. The van der Waals surface area contributed by atoms with E-state index in [4.69, 9.17) is 15.2 Å². The highest BCUT2D eigenvalue weighted by atomic mass is 16.6. The largest absolute Gasteiger partial charge is 0.486 e. The molecule has 19 heavy (non-hydrogen) atoms. The van der Waals surface area contributed by atoms with Crippen LogP contribution in [-0.2, 0) is 0 Å². The fourth-order valence-electron chi connectivity index (χ4n) is 1.74. The molecule has 0 aromatic heterocycles. The Labute approximate surface area is 113 Å². The fourth-order valence-corrected chi connectivity index (χ4v) is 1.74. The molecule has 0 saturated heterocycles. The summed E-state index contributed by atoms with van der Waals surface area (Å²) >= 11 is 0. The van der Waals surface area contributed by atoms with Crippen molar-refractivity contribution in [1.29, 1.82) is 0 Å². The van der Waals surface area contributed by atoms with Gasteiger partial charge in [0.1, 0.15) is 13.2 Å². The third-order valence-electron chi connectivity index (χ3n) is 3.09. The molecule has 1 aromatic carbocycles. The second kappa shape index (κ2) is 5.48. The number of carbonyl (C=O) groups excluding carboxylic acids is 1. The van der Waals surface area contributed by atoms with Crippen LogP contribution in [0.25, 0.3) is 0 Å². The maximum Gasteiger partial charge on any atom is 0.255 e. The molecule has 0 bridgehead atoms. The van der Waals surface area contributed by atoms with Crippen molar-refractivity contribution in [2.75, 3.05) is 26.3 Å². The first-order chi connectivity index (χ1) is 9.03. The van der Waals surface area contributed by atoms with Crippen LogP contribution in [0.15, 0.2) is 18.2 Å². The average Bonchev–Trinajstić information content (AvgIpc) is 2.44. The summed E-state index contributed by atoms with van der Waals surface area (Å²) in [5, 5.41) is 2.89. The normalized spacial score (nSPS) is 14.1. The second-order valence-electron chi connectivity index (χ2n) is 5.38. The van der Waals surface area contributed by atoms with E-state index in [2.05, 4.69) is 5.32 Å². The van der Waals surface area contributed by atoms with Gasteiger partial charge in [0.05, 0.1) is 5.56 Å². The van der Waals surface area contributed by atoms with Crippen LogP contribution in [0.3, 0.4) is 0 Å². The SMILES string of the molecule is CC(C)(CN)CNC(=O)c1cccc2c1OCCO2. The van der Waals surface area contributed by atoms with Crippen molar-refractivity contribution in [3.8, 4) is 11.5 Å². The van der Waals surface area contributed by atoms with Gasteiger partial charge in [-0.05, 0) is 24.1 Å². The van der Waals surface area contributed by atoms with Crippen molar-refractivity contribution in [3.05, 3.63) is 23.8 Å². The molecule has 1 aromatic rings. The van der Waals surface area contributed by atoms with E-state index in [1.54, 1.807) is 18.2 Å². The van der Waals surface area contributed by atoms with Crippen molar-refractivity contribution in [2.45, 2.75) is 13.8 Å². The van der Waals surface area contributed by atoms with Crippen molar-refractivity contribution in [3.63, 3.8) is 0 Å². The van der Waals surface area contributed by atoms with Crippen molar-refractivity contribution >= 4 is 5.91 Å². The highest BCUT2D eigenvalue weighted by Gasteiger charge is 2.22. The fraction of sp³-hybridized carbons (Fsp3) is 0.500. The van der Waals surface area contributed by atoms with Crippen LogP contribution in [0, 0.1) is 5.41 Å². The molecule has 0 aliphatic carbocycles. The Bertz CT molecular complexity index is 472. The second-order valence-corrected chi connectivity index (χ2v) is 5.38. The minimum absolute atomic E-state index is 0.123. The molecule has 5 nitrogen and oxygen atoms in total. The molecule has 0 fully saturated rings. The van der Waals surface area contributed by atoms with E-state index in [1.807, 2.05) is 13.8 Å². The van der Waals surface area contributed by atoms with Crippen molar-refractivity contribution in [2.24, 2.45) is 11.1 Å². The maximum absolute atomic E-state index is 12.2. The zero-order chi connectivity index (χ0) is 13.9. The van der Waals surface area contributed by atoms with Crippen molar-refractivity contribution in [1.82, 2.24) is 5.32 Å². The zero-order valence-electron chi connectivity index (χ0n) is 11.4. The van der Waals surface area contributed by atoms with Crippen LogP contribution < -0.4 is 20.5 Å². The maximum atomic E-state index is 12.2. The standard InChI is InChI=1S/C14H20N2O3/c1-14(2,8-15)9-16-13(17)10-4-3-5-11-12(10)19-7-6-18-11/h3-5H,6-9,15H2,1-2H3,(H,16,17). The summed E-state index contributed by atoms with van der Waals surface area (Å²) in [6.07, 6.45) is 0. The van der Waals surface area contributed by atoms with Crippen LogP contribution in [0.1, 0.15) is 24.2 Å². The molecular weight excluding hydrogens is 244 g/mol. The van der Waals surface area contributed by atoms with Crippen LogP contribution in [0.4, 0.5) is 0 Å². The third-order valence-corrected chi connectivity index (χ3v) is 3.09. The summed E-state index contributed by atoms with van der Waals surface area (Å²) in [6.45, 7) is 6.03. The van der Waals surface area contributed by atoms with E-state index >= 15 is 0 Å². The molecule has 3 N–H and O–H groups in total. The summed E-state index contributed by atoms with van der Waals surface area (Å²) in [5.41, 5.74) is 6.03. The van der Waals surface area contributed by atoms with Gasteiger partial charge in [-0.3, -0.25) is 4.79 Å². The Morgan fingerprint density at radius 3 is 2.84 bits per heavy atom. The van der Waals surface area contributed by atoms with E-state index in [0.717, 1.165) is 0 Å². The van der Waals surface area contributed by atoms with Gasteiger partial charge in [0.25, 0.3) is 5.91 Å². The summed E-state index contributed by atoms with van der Waals surface area (Å²) < 4.78 is 11.0. The molecule has 0 unspecified atom stereocenters. The average molecular weight is 264 g/mol. The Kier molecular flexibility index (Phi) is 3.95. The number of fused-ring (bicyclic) bond motifs is 1. The Morgan fingerprint density at radius 1 is 1.37 bits per heavy atom. The van der Waals surface area contributed by atoms with Gasteiger partial charge in [0.15, 0.2) is 11.5 Å². The van der Waals surface area contributed by atoms with Gasteiger partial charge in [0.2, 0.25) is 0 Å². The molecule has 0 saturated carbocycles. The van der Waals surface area contributed by atoms with Gasteiger partial charge < -0.3 is 20.5 Å². The molecule has 1 aliphatic heterocycles. The molecule has 1 heterocycles. The van der Waals surface area contributed by atoms with E-state index < -0.39 is 0 Å². The summed E-state index contributed by atoms with van der Waals surface area (Å²) in [4.78, 5) is 12.2. The molecule has 0 radical (unpaired) electrons. The Hall–Kier alpha value is -1.75. The van der Waals surface area contributed by atoms with Crippen LogP contribution in [-0.4, -0.2) is 32.2 Å².